The Morgan fingerprint density at radius 3 is 2.50 bits per heavy atom. The first-order valence-corrected chi connectivity index (χ1v) is 8.65. The van der Waals surface area contributed by atoms with Crippen LogP contribution >= 0.6 is 0 Å². The lowest BCUT2D eigenvalue weighted by molar-refractivity contribution is -0.544. The van der Waals surface area contributed by atoms with Gasteiger partial charge >= 0.3 is 0 Å². The third-order valence-electron chi connectivity index (χ3n) is 4.87. The van der Waals surface area contributed by atoms with E-state index in [1.165, 1.54) is 16.9 Å². The van der Waals surface area contributed by atoms with Crippen LogP contribution in [-0.4, -0.2) is 44.1 Å². The van der Waals surface area contributed by atoms with Crippen LogP contribution in [0.15, 0.2) is 60.3 Å². The van der Waals surface area contributed by atoms with Gasteiger partial charge in [0, 0.05) is 29.9 Å². The molecule has 3 nitrogen and oxygen atoms in total. The zero-order chi connectivity index (χ0) is 17.0. The maximum absolute atomic E-state index is 5.35. The summed E-state index contributed by atoms with van der Waals surface area (Å²) in [6.45, 7) is 8.20. The molecule has 2 heterocycles. The molecule has 1 saturated heterocycles. The van der Waals surface area contributed by atoms with Crippen molar-refractivity contribution in [3.63, 3.8) is 0 Å². The highest BCUT2D eigenvalue weighted by Gasteiger charge is 2.37. The number of para-hydroxylation sites is 1. The van der Waals surface area contributed by atoms with Gasteiger partial charge in [-0.1, -0.05) is 50.3 Å². The van der Waals surface area contributed by atoms with E-state index in [2.05, 4.69) is 91.2 Å². The molecule has 0 atom stereocenters. The van der Waals surface area contributed by atoms with Crippen LogP contribution in [0.1, 0.15) is 19.4 Å². The summed E-state index contributed by atoms with van der Waals surface area (Å²) in [7, 11) is 2.15. The molecule has 3 heteroatoms. The van der Waals surface area contributed by atoms with Crippen molar-refractivity contribution in [1.29, 1.82) is 0 Å². The maximum atomic E-state index is 5.35. The molecule has 0 aromatic heterocycles. The van der Waals surface area contributed by atoms with Gasteiger partial charge in [0.15, 0.2) is 19.3 Å². The first-order chi connectivity index (χ1) is 11.6. The Morgan fingerprint density at radius 1 is 1.04 bits per heavy atom. The Balaban J connectivity index is 1.68. The zero-order valence-corrected chi connectivity index (χ0v) is 14.9. The molecule has 0 amide bonds. The normalized spacial score (nSPS) is 21.9. The number of hydrogen-bond donors (Lipinski definition) is 0. The van der Waals surface area contributed by atoms with E-state index in [0.717, 1.165) is 26.3 Å². The van der Waals surface area contributed by atoms with Gasteiger partial charge in [0.05, 0.1) is 0 Å². The zero-order valence-electron chi connectivity index (χ0n) is 14.9. The first kappa shape index (κ1) is 16.7. The van der Waals surface area contributed by atoms with Crippen LogP contribution in [0.25, 0.3) is 0 Å². The van der Waals surface area contributed by atoms with Crippen LogP contribution in [-0.2, 0) is 10.2 Å². The molecule has 0 saturated carbocycles. The average molecular weight is 323 g/mol. The molecule has 2 aliphatic heterocycles. The average Bonchev–Trinajstić information content (AvgIpc) is 2.79. The molecule has 126 valence electrons. The predicted octanol–water partition coefficient (Wildman–Crippen LogP) is 3.52. The van der Waals surface area contributed by atoms with Gasteiger partial charge in [0.1, 0.15) is 13.2 Å². The Kier molecular flexibility index (Phi) is 5.00. The van der Waals surface area contributed by atoms with Crippen molar-refractivity contribution in [1.82, 2.24) is 0 Å². The fourth-order valence-electron chi connectivity index (χ4n) is 3.47. The monoisotopic (exact) mass is 323 g/mol. The molecule has 0 spiro atoms. The molecule has 0 radical (unpaired) electrons. The van der Waals surface area contributed by atoms with Gasteiger partial charge in [-0.15, -0.1) is 0 Å². The highest BCUT2D eigenvalue weighted by atomic mass is 16.5. The van der Waals surface area contributed by atoms with Crippen LogP contribution in [0.5, 0.6) is 0 Å². The third-order valence-corrected chi connectivity index (χ3v) is 4.87. The van der Waals surface area contributed by atoms with Crippen molar-refractivity contribution in [3.05, 3.63) is 65.9 Å². The minimum atomic E-state index is 0.0410. The number of allylic oxidation sites excluding steroid dienone is 6. The number of benzene rings is 1. The second-order valence-corrected chi connectivity index (χ2v) is 6.82. The lowest BCUT2D eigenvalue weighted by Gasteiger charge is -2.23. The van der Waals surface area contributed by atoms with Crippen LogP contribution < -0.4 is 4.90 Å². The van der Waals surface area contributed by atoms with Crippen molar-refractivity contribution in [2.75, 3.05) is 38.3 Å². The number of morpholine rings is 1. The number of ether oxygens (including phenoxy) is 1. The van der Waals surface area contributed by atoms with Gasteiger partial charge in [-0.2, -0.15) is 0 Å². The maximum Gasteiger partial charge on any atom is 0.166 e. The second kappa shape index (κ2) is 7.18. The largest absolute Gasteiger partial charge is 0.368 e. The predicted molar refractivity (Wildman–Crippen MR) is 101 cm³/mol. The van der Waals surface area contributed by atoms with E-state index in [0.29, 0.717) is 0 Å². The quantitative estimate of drug-likeness (QED) is 0.625. The molecule has 0 aliphatic carbocycles. The molecular formula is C21H27N2O+. The Labute approximate surface area is 145 Å². The van der Waals surface area contributed by atoms with Crippen LogP contribution in [0.3, 0.4) is 0 Å². The Bertz CT molecular complexity index is 702. The molecule has 1 fully saturated rings. The second-order valence-electron chi connectivity index (χ2n) is 6.82. The molecule has 3 rings (SSSR count). The van der Waals surface area contributed by atoms with E-state index < -0.39 is 0 Å². The van der Waals surface area contributed by atoms with Gasteiger partial charge in [-0.05, 0) is 17.7 Å². The fraction of sp³-hybridized carbons (Fsp3) is 0.381. The minimum Gasteiger partial charge on any atom is -0.368 e. The number of fused-ring (bicyclic) bond motifs is 1. The van der Waals surface area contributed by atoms with Crippen LogP contribution in [0, 0.1) is 0 Å². The number of nitrogens with zero attached hydrogens (tertiary/aromatic N) is 2. The van der Waals surface area contributed by atoms with Crippen LogP contribution in [0.2, 0.25) is 0 Å². The van der Waals surface area contributed by atoms with Crippen molar-refractivity contribution >= 4 is 11.9 Å². The molecule has 0 bridgehead atoms. The van der Waals surface area contributed by atoms with E-state index in [1.807, 2.05) is 0 Å². The molecular weight excluding hydrogens is 296 g/mol. The van der Waals surface area contributed by atoms with E-state index in [9.17, 15) is 0 Å². The number of likely N-dealkylation sites (N-methyl/N-ethyl adjacent to an activating group) is 1. The van der Waals surface area contributed by atoms with Gasteiger partial charge in [0.25, 0.3) is 0 Å². The molecule has 24 heavy (non-hydrogen) atoms. The van der Waals surface area contributed by atoms with Gasteiger partial charge in [0.2, 0.25) is 0 Å². The summed E-state index contributed by atoms with van der Waals surface area (Å²) in [4.78, 5) is 2.29. The molecule has 2 aliphatic rings. The van der Waals surface area contributed by atoms with Crippen molar-refractivity contribution in [2.45, 2.75) is 19.3 Å². The van der Waals surface area contributed by atoms with E-state index in [-0.39, 0.29) is 5.41 Å². The highest BCUT2D eigenvalue weighted by molar-refractivity contribution is 5.70. The molecule has 0 N–H and O–H groups in total. The van der Waals surface area contributed by atoms with E-state index >= 15 is 0 Å². The summed E-state index contributed by atoms with van der Waals surface area (Å²) in [5.41, 5.74) is 4.06. The molecule has 1 aromatic carbocycles. The Morgan fingerprint density at radius 2 is 1.75 bits per heavy atom. The third kappa shape index (κ3) is 3.36. The Hall–Kier alpha value is -2.13. The summed E-state index contributed by atoms with van der Waals surface area (Å²) in [6.07, 6.45) is 12.8. The van der Waals surface area contributed by atoms with Gasteiger partial charge < -0.3 is 9.64 Å². The number of rotatable bonds is 3. The topological polar surface area (TPSA) is 15.5 Å². The number of anilines is 1. The molecule has 0 unspecified atom stereocenters. The van der Waals surface area contributed by atoms with E-state index in [1.54, 1.807) is 0 Å². The summed E-state index contributed by atoms with van der Waals surface area (Å²) in [6, 6.07) is 8.65. The SMILES string of the molecule is CN1\C(=C/C=C/C=C/C=[N+]2CCOCC2)C(C)(C)c2ccccc21. The van der Waals surface area contributed by atoms with Gasteiger partial charge in [-0.25, -0.2) is 4.58 Å². The van der Waals surface area contributed by atoms with Crippen molar-refractivity contribution in [2.24, 2.45) is 0 Å². The standard InChI is InChI=1S/C21H27N2O/c1-21(2)18-10-7-8-11-19(18)22(3)20(21)12-6-4-5-9-13-23-14-16-24-17-15-23/h4-13H,14-17H2,1-3H3/q+1. The first-order valence-electron chi connectivity index (χ1n) is 8.65. The summed E-state index contributed by atoms with van der Waals surface area (Å²) >= 11 is 0. The number of hydrogen-bond acceptors (Lipinski definition) is 2. The minimum absolute atomic E-state index is 0.0410. The van der Waals surface area contributed by atoms with Gasteiger partial charge in [-0.3, -0.25) is 0 Å². The lowest BCUT2D eigenvalue weighted by atomic mass is 9.84. The summed E-state index contributed by atoms with van der Waals surface area (Å²) < 4.78 is 7.63. The van der Waals surface area contributed by atoms with E-state index in [4.69, 9.17) is 4.74 Å². The lowest BCUT2D eigenvalue weighted by Crippen LogP contribution is -2.28. The summed E-state index contributed by atoms with van der Waals surface area (Å²) in [5.74, 6) is 0. The fourth-order valence-corrected chi connectivity index (χ4v) is 3.47. The summed E-state index contributed by atoms with van der Waals surface area (Å²) in [5, 5.41) is 0. The van der Waals surface area contributed by atoms with Crippen molar-refractivity contribution in [3.8, 4) is 0 Å². The van der Waals surface area contributed by atoms with Crippen molar-refractivity contribution < 1.29 is 9.31 Å². The molecule has 1 aromatic rings. The highest BCUT2D eigenvalue weighted by Crippen LogP contribution is 2.46. The smallest absolute Gasteiger partial charge is 0.166 e. The van der Waals surface area contributed by atoms with Crippen LogP contribution in [0.4, 0.5) is 5.69 Å².